The minimum atomic E-state index is -0.468. The Bertz CT molecular complexity index is 656. The Labute approximate surface area is 142 Å². The van der Waals surface area contributed by atoms with E-state index in [1.54, 1.807) is 12.0 Å². The van der Waals surface area contributed by atoms with E-state index < -0.39 is 5.37 Å². The van der Waals surface area contributed by atoms with Gasteiger partial charge in [-0.05, 0) is 47.0 Å². The van der Waals surface area contributed by atoms with Crippen molar-refractivity contribution in [2.75, 3.05) is 26.1 Å². The number of anilines is 1. The van der Waals surface area contributed by atoms with Gasteiger partial charge in [-0.25, -0.2) is 0 Å². The number of hydrogen-bond donors (Lipinski definition) is 0. The molecule has 0 N–H and O–H groups in total. The van der Waals surface area contributed by atoms with Gasteiger partial charge in [-0.3, -0.25) is 4.79 Å². The van der Waals surface area contributed by atoms with Gasteiger partial charge in [0.1, 0.15) is 5.75 Å². The molecule has 0 heterocycles. The standard InChI is InChI=1S/C18H21ClN2O2/c1-20(2)16-9-7-14(8-10-16)12-21(18(19)22)13-15-5-4-6-17(11-15)23-3/h4-11H,12-13H2,1-3H3. The van der Waals surface area contributed by atoms with Gasteiger partial charge in [-0.15, -0.1) is 0 Å². The molecule has 2 rings (SSSR count). The van der Waals surface area contributed by atoms with E-state index >= 15 is 0 Å². The largest absolute Gasteiger partial charge is 0.497 e. The third-order valence-electron chi connectivity index (χ3n) is 3.58. The molecule has 122 valence electrons. The number of nitrogens with zero attached hydrogens (tertiary/aromatic N) is 2. The van der Waals surface area contributed by atoms with Gasteiger partial charge in [0.2, 0.25) is 0 Å². The Morgan fingerprint density at radius 2 is 1.70 bits per heavy atom. The van der Waals surface area contributed by atoms with Gasteiger partial charge in [0.25, 0.3) is 0 Å². The second-order valence-corrected chi connectivity index (χ2v) is 5.84. The highest BCUT2D eigenvalue weighted by molar-refractivity contribution is 6.62. The zero-order valence-corrected chi connectivity index (χ0v) is 14.4. The van der Waals surface area contributed by atoms with E-state index in [1.165, 1.54) is 0 Å². The van der Waals surface area contributed by atoms with Gasteiger partial charge in [-0.2, -0.15) is 0 Å². The lowest BCUT2D eigenvalue weighted by Gasteiger charge is -2.21. The molecule has 0 atom stereocenters. The molecule has 0 aliphatic heterocycles. The fourth-order valence-electron chi connectivity index (χ4n) is 2.29. The van der Waals surface area contributed by atoms with Crippen LogP contribution >= 0.6 is 11.6 Å². The van der Waals surface area contributed by atoms with Crippen molar-refractivity contribution in [3.05, 3.63) is 59.7 Å². The van der Waals surface area contributed by atoms with E-state index in [0.717, 1.165) is 22.6 Å². The number of benzene rings is 2. The SMILES string of the molecule is COc1cccc(CN(Cc2ccc(N(C)C)cc2)C(=O)Cl)c1. The summed E-state index contributed by atoms with van der Waals surface area (Å²) in [5, 5.41) is -0.468. The first-order valence-corrected chi connectivity index (χ1v) is 7.71. The summed E-state index contributed by atoms with van der Waals surface area (Å²) in [6.07, 6.45) is 0. The van der Waals surface area contributed by atoms with E-state index in [1.807, 2.05) is 67.5 Å². The Balaban J connectivity index is 2.10. The Hall–Kier alpha value is -2.20. The number of carbonyl (C=O) groups is 1. The molecule has 2 aromatic carbocycles. The Morgan fingerprint density at radius 3 is 2.26 bits per heavy atom. The summed E-state index contributed by atoms with van der Waals surface area (Å²) in [6.45, 7) is 0.905. The highest BCUT2D eigenvalue weighted by Crippen LogP contribution is 2.18. The molecule has 0 radical (unpaired) electrons. The minimum absolute atomic E-state index is 0.439. The third kappa shape index (κ3) is 4.89. The number of rotatable bonds is 6. The molecule has 0 spiro atoms. The van der Waals surface area contributed by atoms with Crippen molar-refractivity contribution in [1.29, 1.82) is 0 Å². The van der Waals surface area contributed by atoms with Crippen molar-refractivity contribution in [3.63, 3.8) is 0 Å². The lowest BCUT2D eigenvalue weighted by Crippen LogP contribution is -2.25. The second kappa shape index (κ2) is 7.88. The highest BCUT2D eigenvalue weighted by Gasteiger charge is 2.13. The van der Waals surface area contributed by atoms with Crippen LogP contribution in [0.2, 0.25) is 0 Å². The quantitative estimate of drug-likeness (QED) is 0.589. The fraction of sp³-hybridized carbons (Fsp3) is 0.278. The summed E-state index contributed by atoms with van der Waals surface area (Å²) in [5.74, 6) is 0.764. The molecule has 0 saturated carbocycles. The molecule has 0 unspecified atom stereocenters. The normalized spacial score (nSPS) is 10.3. The van der Waals surface area contributed by atoms with Crippen LogP contribution in [0.1, 0.15) is 11.1 Å². The molecule has 23 heavy (non-hydrogen) atoms. The molecule has 0 aromatic heterocycles. The van der Waals surface area contributed by atoms with Gasteiger partial charge in [0.15, 0.2) is 0 Å². The van der Waals surface area contributed by atoms with E-state index in [2.05, 4.69) is 0 Å². The molecule has 1 amide bonds. The predicted molar refractivity (Wildman–Crippen MR) is 94.3 cm³/mol. The van der Waals surface area contributed by atoms with Crippen LogP contribution in [0.4, 0.5) is 10.5 Å². The summed E-state index contributed by atoms with van der Waals surface area (Å²) in [5.41, 5.74) is 3.13. The molecular weight excluding hydrogens is 312 g/mol. The topological polar surface area (TPSA) is 32.8 Å². The number of ether oxygens (including phenoxy) is 1. The molecule has 0 saturated heterocycles. The molecule has 0 fully saturated rings. The summed E-state index contributed by atoms with van der Waals surface area (Å²) in [7, 11) is 5.61. The number of amides is 1. The van der Waals surface area contributed by atoms with Crippen molar-refractivity contribution in [1.82, 2.24) is 4.90 Å². The van der Waals surface area contributed by atoms with E-state index in [-0.39, 0.29) is 0 Å². The lowest BCUT2D eigenvalue weighted by atomic mass is 10.1. The van der Waals surface area contributed by atoms with Crippen LogP contribution in [0.15, 0.2) is 48.5 Å². The van der Waals surface area contributed by atoms with E-state index in [9.17, 15) is 4.79 Å². The average Bonchev–Trinajstić information content (AvgIpc) is 2.54. The summed E-state index contributed by atoms with van der Waals surface area (Å²) < 4.78 is 5.21. The van der Waals surface area contributed by atoms with Gasteiger partial charge in [0, 0.05) is 32.9 Å². The van der Waals surface area contributed by atoms with Crippen molar-refractivity contribution in [2.24, 2.45) is 0 Å². The number of hydrogen-bond acceptors (Lipinski definition) is 3. The zero-order chi connectivity index (χ0) is 16.8. The maximum Gasteiger partial charge on any atom is 0.316 e. The second-order valence-electron chi connectivity index (χ2n) is 5.52. The third-order valence-corrected chi connectivity index (χ3v) is 3.82. The minimum Gasteiger partial charge on any atom is -0.497 e. The molecule has 2 aromatic rings. The van der Waals surface area contributed by atoms with Gasteiger partial charge in [0.05, 0.1) is 7.11 Å². The average molecular weight is 333 g/mol. The fourth-order valence-corrected chi connectivity index (χ4v) is 2.41. The van der Waals surface area contributed by atoms with Crippen LogP contribution in [0.3, 0.4) is 0 Å². The van der Waals surface area contributed by atoms with Crippen LogP contribution in [0.5, 0.6) is 5.75 Å². The Kier molecular flexibility index (Phi) is 5.88. The van der Waals surface area contributed by atoms with Crippen molar-refractivity contribution < 1.29 is 9.53 Å². The van der Waals surface area contributed by atoms with Crippen LogP contribution in [-0.2, 0) is 13.1 Å². The van der Waals surface area contributed by atoms with E-state index in [4.69, 9.17) is 16.3 Å². The van der Waals surface area contributed by atoms with Crippen molar-refractivity contribution >= 4 is 22.7 Å². The first kappa shape index (κ1) is 17.2. The maximum absolute atomic E-state index is 11.7. The molecular formula is C18H21ClN2O2. The smallest absolute Gasteiger partial charge is 0.316 e. The molecule has 5 heteroatoms. The first-order chi connectivity index (χ1) is 11.0. The van der Waals surface area contributed by atoms with E-state index in [0.29, 0.717) is 13.1 Å². The summed E-state index contributed by atoms with van der Waals surface area (Å²) in [6, 6.07) is 15.7. The molecule has 0 aliphatic carbocycles. The van der Waals surface area contributed by atoms with Crippen molar-refractivity contribution in [2.45, 2.75) is 13.1 Å². The van der Waals surface area contributed by atoms with Crippen molar-refractivity contribution in [3.8, 4) is 5.75 Å². The van der Waals surface area contributed by atoms with Gasteiger partial charge < -0.3 is 14.5 Å². The number of carbonyl (C=O) groups excluding carboxylic acids is 1. The monoisotopic (exact) mass is 332 g/mol. The number of halogens is 1. The van der Waals surface area contributed by atoms with Crippen LogP contribution < -0.4 is 9.64 Å². The van der Waals surface area contributed by atoms with Crippen LogP contribution in [-0.4, -0.2) is 31.5 Å². The molecule has 0 bridgehead atoms. The molecule has 4 nitrogen and oxygen atoms in total. The highest BCUT2D eigenvalue weighted by atomic mass is 35.5. The van der Waals surface area contributed by atoms with Gasteiger partial charge in [-0.1, -0.05) is 24.3 Å². The summed E-state index contributed by atoms with van der Waals surface area (Å²) in [4.78, 5) is 15.4. The number of methoxy groups -OCH3 is 1. The van der Waals surface area contributed by atoms with Crippen LogP contribution in [0, 0.1) is 0 Å². The summed E-state index contributed by atoms with van der Waals surface area (Å²) >= 11 is 5.75. The maximum atomic E-state index is 11.7. The van der Waals surface area contributed by atoms with Crippen LogP contribution in [0.25, 0.3) is 0 Å². The molecule has 0 aliphatic rings. The zero-order valence-electron chi connectivity index (χ0n) is 13.6. The Morgan fingerprint density at radius 1 is 1.04 bits per heavy atom. The lowest BCUT2D eigenvalue weighted by molar-refractivity contribution is 0.216. The first-order valence-electron chi connectivity index (χ1n) is 7.33. The van der Waals surface area contributed by atoms with Gasteiger partial charge >= 0.3 is 5.37 Å². The predicted octanol–water partition coefficient (Wildman–Crippen LogP) is 4.12.